The van der Waals surface area contributed by atoms with Crippen LogP contribution in [0.25, 0.3) is 0 Å². The molecule has 4 N–H and O–H groups in total. The monoisotopic (exact) mass is 682 g/mol. The first-order valence-corrected chi connectivity index (χ1v) is 17.6. The molecule has 0 fully saturated rings. The van der Waals surface area contributed by atoms with E-state index in [9.17, 15) is 19.2 Å². The van der Waals surface area contributed by atoms with Crippen molar-refractivity contribution in [3.05, 3.63) is 65.9 Å². The minimum absolute atomic E-state index is 0.134. The van der Waals surface area contributed by atoms with Gasteiger partial charge in [0.25, 0.3) is 0 Å². The van der Waals surface area contributed by atoms with E-state index in [0.29, 0.717) is 24.3 Å². The number of hydrogen-bond donors (Lipinski definition) is 4. The quantitative estimate of drug-likeness (QED) is 0.0650. The average molecular weight is 683 g/mol. The van der Waals surface area contributed by atoms with Crippen LogP contribution >= 0.6 is 0 Å². The molecular weight excluding hydrogens is 620 g/mol. The van der Waals surface area contributed by atoms with Gasteiger partial charge >= 0.3 is 6.09 Å². The Labute approximate surface area is 294 Å². The van der Waals surface area contributed by atoms with E-state index in [-0.39, 0.29) is 36.4 Å². The fraction of sp³-hybridized carbons (Fsp3) is 0.590. The predicted molar refractivity (Wildman–Crippen MR) is 197 cm³/mol. The maximum absolute atomic E-state index is 13.8. The van der Waals surface area contributed by atoms with E-state index in [1.54, 1.807) is 30.3 Å². The zero-order valence-electron chi connectivity index (χ0n) is 31.5. The summed E-state index contributed by atoms with van der Waals surface area (Å²) in [6, 6.07) is 5.33. The number of unbranched alkanes of at least 4 members (excludes halogenated alkanes) is 2. The van der Waals surface area contributed by atoms with E-state index in [1.165, 1.54) is 0 Å². The fourth-order valence-corrected chi connectivity index (χ4v) is 4.45. The van der Waals surface area contributed by atoms with Gasteiger partial charge in [0.1, 0.15) is 17.8 Å². The third-order valence-corrected chi connectivity index (χ3v) is 8.79. The molecule has 3 atom stereocenters. The molecule has 0 radical (unpaired) electrons. The summed E-state index contributed by atoms with van der Waals surface area (Å²) < 4.78 is 10.8. The zero-order valence-corrected chi connectivity index (χ0v) is 31.5. The standard InChI is InChI=1S/C39H62N4O6/c1-11-15-17-20-30(19-13-3)40-37(47)49-27-48-31-24-22-29(23-25-31)26-32(41-33(44)21-18-16-12-2)35(45)42-34(28(5)14-4)36(46)43-39(9,10)38(6,7)8/h11,15,17,19-20,22-25,28,32,34H,12-14,16,18,21,26-27H2,1-10H3,(H,40,47)(H,41,44)(H,42,45)(H,43,46)/b15-11-,20-17-,30-19-. The lowest BCUT2D eigenvalue weighted by atomic mass is 9.76. The predicted octanol–water partition coefficient (Wildman–Crippen LogP) is 7.25. The Kier molecular flexibility index (Phi) is 19.1. The molecular formula is C39H62N4O6. The van der Waals surface area contributed by atoms with Crippen molar-refractivity contribution in [2.75, 3.05) is 6.79 Å². The molecule has 0 spiro atoms. The van der Waals surface area contributed by atoms with Gasteiger partial charge in [0.15, 0.2) is 0 Å². The maximum Gasteiger partial charge on any atom is 0.414 e. The molecule has 0 saturated carbocycles. The summed E-state index contributed by atoms with van der Waals surface area (Å²) >= 11 is 0. The number of amides is 4. The lowest BCUT2D eigenvalue weighted by Gasteiger charge is -2.41. The summed E-state index contributed by atoms with van der Waals surface area (Å²) in [5, 5.41) is 11.7. The highest BCUT2D eigenvalue weighted by Gasteiger charge is 2.38. The van der Waals surface area contributed by atoms with Gasteiger partial charge in [0.05, 0.1) is 0 Å². The highest BCUT2D eigenvalue weighted by Crippen LogP contribution is 2.29. The van der Waals surface area contributed by atoms with Crippen LogP contribution in [0.3, 0.4) is 0 Å². The van der Waals surface area contributed by atoms with E-state index in [2.05, 4.69) is 49.0 Å². The molecule has 1 aromatic carbocycles. The molecule has 10 heteroatoms. The number of carbonyl (C=O) groups is 4. The lowest BCUT2D eigenvalue weighted by Crippen LogP contribution is -2.61. The third kappa shape index (κ3) is 16.2. The molecule has 0 bridgehead atoms. The van der Waals surface area contributed by atoms with E-state index >= 15 is 0 Å². The molecule has 49 heavy (non-hydrogen) atoms. The van der Waals surface area contributed by atoms with Crippen LogP contribution in [0.1, 0.15) is 113 Å². The summed E-state index contributed by atoms with van der Waals surface area (Å²) in [6.45, 7) is 19.7. The van der Waals surface area contributed by atoms with E-state index in [1.807, 2.05) is 65.8 Å². The first-order valence-electron chi connectivity index (χ1n) is 17.6. The highest BCUT2D eigenvalue weighted by atomic mass is 16.7. The van der Waals surface area contributed by atoms with Crippen LogP contribution in [0.5, 0.6) is 5.75 Å². The minimum Gasteiger partial charge on any atom is -0.457 e. The number of allylic oxidation sites excluding steroid dienone is 5. The molecule has 0 aliphatic heterocycles. The molecule has 1 aromatic rings. The van der Waals surface area contributed by atoms with E-state index in [4.69, 9.17) is 9.47 Å². The maximum atomic E-state index is 13.8. The van der Waals surface area contributed by atoms with E-state index in [0.717, 1.165) is 31.2 Å². The Morgan fingerprint density at radius 3 is 2.14 bits per heavy atom. The minimum atomic E-state index is -0.893. The Hall–Kier alpha value is -4.08. The van der Waals surface area contributed by atoms with Gasteiger partial charge in [0.2, 0.25) is 24.5 Å². The van der Waals surface area contributed by atoms with Gasteiger partial charge in [-0.1, -0.05) is 104 Å². The van der Waals surface area contributed by atoms with Crippen molar-refractivity contribution in [1.82, 2.24) is 21.3 Å². The summed E-state index contributed by atoms with van der Waals surface area (Å²) in [6.07, 6.45) is 13.1. The number of benzene rings is 1. The van der Waals surface area contributed by atoms with Crippen molar-refractivity contribution in [3.63, 3.8) is 0 Å². The summed E-state index contributed by atoms with van der Waals surface area (Å²) in [4.78, 5) is 52.5. The van der Waals surface area contributed by atoms with Crippen molar-refractivity contribution < 1.29 is 28.7 Å². The first kappa shape index (κ1) is 42.9. The molecule has 0 aromatic heterocycles. The number of nitrogens with one attached hydrogen (secondary N) is 4. The molecule has 10 nitrogen and oxygen atoms in total. The van der Waals surface area contributed by atoms with Crippen LogP contribution in [0, 0.1) is 11.3 Å². The van der Waals surface area contributed by atoms with Gasteiger partial charge in [-0.3, -0.25) is 19.7 Å². The second-order valence-corrected chi connectivity index (χ2v) is 13.9. The highest BCUT2D eigenvalue weighted by molar-refractivity contribution is 5.92. The second-order valence-electron chi connectivity index (χ2n) is 13.9. The van der Waals surface area contributed by atoms with Gasteiger partial charge in [-0.2, -0.15) is 0 Å². The van der Waals surface area contributed by atoms with Gasteiger partial charge < -0.3 is 25.4 Å². The van der Waals surface area contributed by atoms with Crippen LogP contribution < -0.4 is 26.0 Å². The molecule has 3 unspecified atom stereocenters. The van der Waals surface area contributed by atoms with Crippen molar-refractivity contribution >= 4 is 23.8 Å². The Morgan fingerprint density at radius 1 is 0.898 bits per heavy atom. The number of ether oxygens (including phenoxy) is 2. The van der Waals surface area contributed by atoms with E-state index < -0.39 is 29.6 Å². The van der Waals surface area contributed by atoms with Gasteiger partial charge in [-0.05, 0) is 68.7 Å². The molecule has 4 amide bonds. The smallest absolute Gasteiger partial charge is 0.414 e. The molecule has 0 heterocycles. The second kappa shape index (κ2) is 21.8. The Bertz CT molecular complexity index is 1280. The number of carbonyl (C=O) groups excluding carboxylic acids is 4. The van der Waals surface area contributed by atoms with Gasteiger partial charge in [-0.25, -0.2) is 4.79 Å². The topological polar surface area (TPSA) is 135 Å². The molecule has 0 aliphatic carbocycles. The SMILES string of the molecule is C\C=C/C=C\C(=C\CC)NC(=O)OCOc1ccc(CC(NC(=O)CCCCC)C(=O)NC(C(=O)NC(C)(C)C(C)(C)C)C(C)CC)cc1. The zero-order chi connectivity index (χ0) is 37.0. The summed E-state index contributed by atoms with van der Waals surface area (Å²) in [5.74, 6) is -0.555. The number of hydrogen-bond acceptors (Lipinski definition) is 6. The van der Waals surface area contributed by atoms with Crippen LogP contribution in [-0.2, 0) is 25.5 Å². The van der Waals surface area contributed by atoms with Gasteiger partial charge in [-0.15, -0.1) is 0 Å². The van der Waals surface area contributed by atoms with Crippen molar-refractivity contribution in [3.8, 4) is 5.75 Å². The molecule has 274 valence electrons. The van der Waals surface area contributed by atoms with Crippen LogP contribution in [0.15, 0.2) is 60.3 Å². The van der Waals surface area contributed by atoms with Crippen molar-refractivity contribution in [2.45, 2.75) is 132 Å². The molecule has 1 rings (SSSR count). The van der Waals surface area contributed by atoms with Crippen molar-refractivity contribution in [1.29, 1.82) is 0 Å². The van der Waals surface area contributed by atoms with Crippen LogP contribution in [-0.4, -0.2) is 48.2 Å². The first-order chi connectivity index (χ1) is 23.1. The lowest BCUT2D eigenvalue weighted by molar-refractivity contribution is -0.134. The number of alkyl carbamates (subject to hydrolysis) is 1. The average Bonchev–Trinajstić information content (AvgIpc) is 3.03. The van der Waals surface area contributed by atoms with Gasteiger partial charge in [0, 0.05) is 24.1 Å². The normalized spacial score (nSPS) is 14.2. The summed E-state index contributed by atoms with van der Waals surface area (Å²) in [7, 11) is 0. The number of rotatable bonds is 20. The van der Waals surface area contributed by atoms with Crippen LogP contribution in [0.2, 0.25) is 0 Å². The Balaban J connectivity index is 3.03. The van der Waals surface area contributed by atoms with Crippen LogP contribution in [0.4, 0.5) is 4.79 Å². The van der Waals surface area contributed by atoms with Crippen molar-refractivity contribution in [2.24, 2.45) is 11.3 Å². The Morgan fingerprint density at radius 2 is 1.57 bits per heavy atom. The third-order valence-electron chi connectivity index (χ3n) is 8.79. The molecule has 0 saturated heterocycles. The fourth-order valence-electron chi connectivity index (χ4n) is 4.45. The summed E-state index contributed by atoms with van der Waals surface area (Å²) in [5.41, 5.74) is 0.663. The molecule has 0 aliphatic rings. The largest absolute Gasteiger partial charge is 0.457 e.